The van der Waals surface area contributed by atoms with Crippen LogP contribution in [0.1, 0.15) is 50.8 Å². The van der Waals surface area contributed by atoms with Gasteiger partial charge in [0.1, 0.15) is 0 Å². The number of hydrogen-bond acceptors (Lipinski definition) is 5. The van der Waals surface area contributed by atoms with Crippen LogP contribution >= 0.6 is 0 Å². The number of benzene rings is 2. The third kappa shape index (κ3) is 5.99. The lowest BCUT2D eigenvalue weighted by molar-refractivity contribution is -0.134. The second-order valence-electron chi connectivity index (χ2n) is 10.8. The highest BCUT2D eigenvalue weighted by atomic mass is 16.5. The lowest BCUT2D eigenvalue weighted by Crippen LogP contribution is -2.40. The summed E-state index contributed by atoms with van der Waals surface area (Å²) in [5.41, 5.74) is 7.84. The second kappa shape index (κ2) is 12.2. The quantitative estimate of drug-likeness (QED) is 0.228. The van der Waals surface area contributed by atoms with Crippen molar-refractivity contribution >= 4 is 28.9 Å². The average molecular weight is 553 g/mol. The van der Waals surface area contributed by atoms with Gasteiger partial charge in [0.15, 0.2) is 0 Å². The average Bonchev–Trinajstić information content (AvgIpc) is 3.76. The zero-order valence-electron chi connectivity index (χ0n) is 23.4. The van der Waals surface area contributed by atoms with Crippen LogP contribution in [0.5, 0.6) is 0 Å². The molecule has 212 valence electrons. The molecule has 3 heterocycles. The number of fused-ring (bicyclic) bond motifs is 2. The Kier molecular flexibility index (Phi) is 8.02. The Balaban J connectivity index is 1.23. The molecule has 8 heteroatoms. The molecule has 1 aliphatic heterocycles. The monoisotopic (exact) mass is 552 g/mol. The normalized spacial score (nSPS) is 17.0. The van der Waals surface area contributed by atoms with Gasteiger partial charge in [0.05, 0.1) is 25.9 Å². The molecule has 1 aliphatic carbocycles. The number of morpholine rings is 1. The van der Waals surface area contributed by atoms with Crippen molar-refractivity contribution in [2.45, 2.75) is 31.8 Å². The summed E-state index contributed by atoms with van der Waals surface area (Å²) in [7, 11) is 1.39. The van der Waals surface area contributed by atoms with Gasteiger partial charge in [-0.25, -0.2) is 4.79 Å². The molecule has 1 amide bonds. The molecule has 0 spiro atoms. The molecule has 1 atom stereocenters. The van der Waals surface area contributed by atoms with Crippen molar-refractivity contribution in [3.05, 3.63) is 101 Å². The highest BCUT2D eigenvalue weighted by molar-refractivity contribution is 5.94. The number of aromatic amines is 2. The lowest BCUT2D eigenvalue weighted by Gasteiger charge is -2.29. The smallest absolute Gasteiger partial charge is 0.330 e. The summed E-state index contributed by atoms with van der Waals surface area (Å²) in [6, 6.07) is 17.1. The Morgan fingerprint density at radius 2 is 1.95 bits per heavy atom. The van der Waals surface area contributed by atoms with Gasteiger partial charge in [-0.2, -0.15) is 0 Å². The van der Waals surface area contributed by atoms with Gasteiger partial charge in [-0.05, 0) is 59.7 Å². The van der Waals surface area contributed by atoms with E-state index in [1.807, 2.05) is 17.2 Å². The molecule has 4 aromatic rings. The SMILES string of the molecule is COC(=O)/C=C/c1ccc2c(c1)CCC2N(CCc1c[nH]c2ccccc12)Cc1cc(C(=O)N2CCOCC2)c[nH]1. The molecule has 2 aromatic carbocycles. The van der Waals surface area contributed by atoms with Crippen LogP contribution in [0, 0.1) is 0 Å². The van der Waals surface area contributed by atoms with Gasteiger partial charge in [-0.15, -0.1) is 0 Å². The summed E-state index contributed by atoms with van der Waals surface area (Å²) in [6.45, 7) is 4.03. The van der Waals surface area contributed by atoms with Crippen LogP contribution in [0.15, 0.2) is 67.0 Å². The predicted octanol–water partition coefficient (Wildman–Crippen LogP) is 4.89. The Morgan fingerprint density at radius 1 is 1.10 bits per heavy atom. The molecule has 1 saturated heterocycles. The number of rotatable bonds is 9. The van der Waals surface area contributed by atoms with Crippen LogP contribution in [0.25, 0.3) is 17.0 Å². The standard InChI is InChI=1S/C33H36N4O4/c1-40-32(38)11-7-23-6-9-29-24(18-23)8-10-31(29)37(13-12-25-20-35-30-5-3-2-4-28(25)30)22-27-19-26(21-34-27)33(39)36-14-16-41-17-15-36/h2-7,9,11,18-21,31,34-35H,8,10,12-17,22H2,1H3/b11-7+. The van der Waals surface area contributed by atoms with Crippen molar-refractivity contribution in [1.29, 1.82) is 0 Å². The van der Waals surface area contributed by atoms with Crippen LogP contribution in [0.3, 0.4) is 0 Å². The first-order valence-electron chi connectivity index (χ1n) is 14.3. The summed E-state index contributed by atoms with van der Waals surface area (Å²) >= 11 is 0. The molecule has 1 unspecified atom stereocenters. The number of hydrogen-bond donors (Lipinski definition) is 2. The summed E-state index contributed by atoms with van der Waals surface area (Å²) in [6.07, 6.45) is 10.1. The topological polar surface area (TPSA) is 90.7 Å². The van der Waals surface area contributed by atoms with Crippen LogP contribution < -0.4 is 0 Å². The van der Waals surface area contributed by atoms with Gasteiger partial charge in [0.2, 0.25) is 0 Å². The van der Waals surface area contributed by atoms with Gasteiger partial charge < -0.3 is 24.3 Å². The number of carbonyl (C=O) groups excluding carboxylic acids is 2. The Morgan fingerprint density at radius 3 is 2.80 bits per heavy atom. The van der Waals surface area contributed by atoms with E-state index < -0.39 is 0 Å². The number of amides is 1. The number of nitrogens with one attached hydrogen (secondary N) is 2. The molecule has 2 N–H and O–H groups in total. The first-order valence-corrected chi connectivity index (χ1v) is 14.3. The fourth-order valence-corrected chi connectivity index (χ4v) is 6.10. The first kappa shape index (κ1) is 27.1. The van der Waals surface area contributed by atoms with Crippen molar-refractivity contribution in [3.63, 3.8) is 0 Å². The zero-order valence-corrected chi connectivity index (χ0v) is 23.4. The highest BCUT2D eigenvalue weighted by Crippen LogP contribution is 2.37. The van der Waals surface area contributed by atoms with E-state index in [2.05, 4.69) is 63.5 Å². The Hall–Kier alpha value is -4.14. The van der Waals surface area contributed by atoms with E-state index in [-0.39, 0.29) is 17.9 Å². The molecule has 2 aromatic heterocycles. The molecule has 8 nitrogen and oxygen atoms in total. The van der Waals surface area contributed by atoms with E-state index in [1.165, 1.54) is 35.3 Å². The lowest BCUT2D eigenvalue weighted by atomic mass is 10.0. The molecule has 2 aliphatic rings. The van der Waals surface area contributed by atoms with Gasteiger partial charge in [0, 0.05) is 67.3 Å². The van der Waals surface area contributed by atoms with Crippen molar-refractivity contribution in [3.8, 4) is 0 Å². The van der Waals surface area contributed by atoms with Crippen LogP contribution in [-0.4, -0.2) is 71.6 Å². The maximum Gasteiger partial charge on any atom is 0.330 e. The van der Waals surface area contributed by atoms with Gasteiger partial charge in [0.25, 0.3) is 5.91 Å². The number of H-pyrrole nitrogens is 2. The minimum absolute atomic E-state index is 0.0555. The number of aryl methyl sites for hydroxylation is 1. The number of methoxy groups -OCH3 is 1. The number of ether oxygens (including phenoxy) is 2. The molecule has 0 saturated carbocycles. The first-order chi connectivity index (χ1) is 20.1. The summed E-state index contributed by atoms with van der Waals surface area (Å²) < 4.78 is 10.2. The van der Waals surface area contributed by atoms with Crippen molar-refractivity contribution in [1.82, 2.24) is 19.8 Å². The van der Waals surface area contributed by atoms with Gasteiger partial charge >= 0.3 is 5.97 Å². The molecule has 0 bridgehead atoms. The third-order valence-corrected chi connectivity index (χ3v) is 8.27. The summed E-state index contributed by atoms with van der Waals surface area (Å²) in [5, 5.41) is 1.26. The fourth-order valence-electron chi connectivity index (χ4n) is 6.10. The summed E-state index contributed by atoms with van der Waals surface area (Å²) in [4.78, 5) is 35.8. The minimum atomic E-state index is -0.357. The zero-order chi connectivity index (χ0) is 28.2. The molecular weight excluding hydrogens is 516 g/mol. The van der Waals surface area contributed by atoms with Crippen LogP contribution in [0.2, 0.25) is 0 Å². The van der Waals surface area contributed by atoms with Crippen LogP contribution in [-0.2, 0) is 33.7 Å². The second-order valence-corrected chi connectivity index (χ2v) is 10.8. The van der Waals surface area contributed by atoms with Gasteiger partial charge in [-0.3, -0.25) is 9.69 Å². The van der Waals surface area contributed by atoms with Crippen molar-refractivity contribution < 1.29 is 19.1 Å². The third-order valence-electron chi connectivity index (χ3n) is 8.27. The minimum Gasteiger partial charge on any atom is -0.466 e. The summed E-state index contributed by atoms with van der Waals surface area (Å²) in [5.74, 6) is -0.302. The van der Waals surface area contributed by atoms with Crippen molar-refractivity contribution in [2.24, 2.45) is 0 Å². The number of aromatic nitrogens is 2. The Labute approximate surface area is 239 Å². The number of esters is 1. The molecular formula is C33H36N4O4. The number of carbonyl (C=O) groups is 2. The van der Waals surface area contributed by atoms with E-state index in [4.69, 9.17) is 9.47 Å². The Bertz CT molecular complexity index is 1560. The van der Waals surface area contributed by atoms with E-state index >= 15 is 0 Å². The van der Waals surface area contributed by atoms with E-state index in [0.29, 0.717) is 38.4 Å². The highest BCUT2D eigenvalue weighted by Gasteiger charge is 2.29. The maximum absolute atomic E-state index is 13.1. The van der Waals surface area contributed by atoms with Gasteiger partial charge in [-0.1, -0.05) is 36.4 Å². The van der Waals surface area contributed by atoms with E-state index in [9.17, 15) is 9.59 Å². The number of nitrogens with zero attached hydrogens (tertiary/aromatic N) is 2. The molecule has 0 radical (unpaired) electrons. The predicted molar refractivity (Wildman–Crippen MR) is 158 cm³/mol. The molecule has 1 fully saturated rings. The molecule has 41 heavy (non-hydrogen) atoms. The van der Waals surface area contributed by atoms with E-state index in [1.54, 1.807) is 6.08 Å². The maximum atomic E-state index is 13.1. The van der Waals surface area contributed by atoms with Crippen LogP contribution in [0.4, 0.5) is 0 Å². The largest absolute Gasteiger partial charge is 0.466 e. The number of para-hydroxylation sites is 1. The fraction of sp³-hybridized carbons (Fsp3) is 0.333. The van der Waals surface area contributed by atoms with E-state index in [0.717, 1.165) is 42.6 Å². The van der Waals surface area contributed by atoms with Crippen molar-refractivity contribution in [2.75, 3.05) is 40.0 Å². The molecule has 6 rings (SSSR count).